The van der Waals surface area contributed by atoms with E-state index in [0.29, 0.717) is 17.6 Å². The summed E-state index contributed by atoms with van der Waals surface area (Å²) in [5.74, 6) is 1.78. The fourth-order valence-electron chi connectivity index (χ4n) is 7.97. The standard InChI is InChI=1S/C51H32N4O/c1-4-13-33(14-5-1)35-23-25-37(26-24-35)50-52-49(36-17-8-3-9-18-36)53-51(54-50)55-45-22-11-10-19-41(45)43-21-12-20-40(48(43)55)39-28-30-46-44(31-39)42-29-27-38(32-47(42)56-46)34-15-6-2-7-16-34/h1-32H. The molecule has 0 spiro atoms. The molecule has 0 radical (unpaired) electrons. The molecule has 5 nitrogen and oxygen atoms in total. The molecule has 0 unspecified atom stereocenters. The molecule has 0 saturated heterocycles. The SMILES string of the molecule is c1ccc(-c2ccc(-c3nc(-c4ccccc4)nc(-n4c5ccccc5c5cccc(-c6ccc7oc8cc(-c9ccccc9)ccc8c7c6)c54)n3)cc2)cc1. The molecule has 3 heterocycles. The first-order valence-corrected chi connectivity index (χ1v) is 18.8. The molecule has 8 aromatic carbocycles. The van der Waals surface area contributed by atoms with Crippen LogP contribution in [0.25, 0.3) is 106 Å². The number of nitrogens with zero attached hydrogens (tertiary/aromatic N) is 4. The van der Waals surface area contributed by atoms with Crippen molar-refractivity contribution in [3.8, 4) is 62.1 Å². The van der Waals surface area contributed by atoms with Crippen molar-refractivity contribution in [3.63, 3.8) is 0 Å². The first kappa shape index (κ1) is 31.9. The van der Waals surface area contributed by atoms with Gasteiger partial charge in [-0.2, -0.15) is 9.97 Å². The predicted octanol–water partition coefficient (Wildman–Crippen LogP) is 13.2. The van der Waals surface area contributed by atoms with Gasteiger partial charge in [0.1, 0.15) is 11.2 Å². The molecule has 0 bridgehead atoms. The molecule has 0 atom stereocenters. The van der Waals surface area contributed by atoms with Gasteiger partial charge in [-0.05, 0) is 58.1 Å². The zero-order valence-corrected chi connectivity index (χ0v) is 30.2. The largest absolute Gasteiger partial charge is 0.456 e. The summed E-state index contributed by atoms with van der Waals surface area (Å²) in [6.07, 6.45) is 0. The molecular formula is C51H32N4O. The predicted molar refractivity (Wildman–Crippen MR) is 229 cm³/mol. The van der Waals surface area contributed by atoms with Gasteiger partial charge in [-0.15, -0.1) is 0 Å². The Kier molecular flexibility index (Phi) is 7.42. The molecule has 11 aromatic rings. The maximum atomic E-state index is 6.44. The third kappa shape index (κ3) is 5.37. The third-order valence-electron chi connectivity index (χ3n) is 10.7. The van der Waals surface area contributed by atoms with E-state index in [2.05, 4.69) is 156 Å². The molecule has 11 rings (SSSR count). The second kappa shape index (κ2) is 13.0. The molecule has 262 valence electrons. The molecule has 3 aromatic heterocycles. The van der Waals surface area contributed by atoms with Crippen molar-refractivity contribution in [2.45, 2.75) is 0 Å². The molecule has 0 aliphatic carbocycles. The van der Waals surface area contributed by atoms with Gasteiger partial charge in [-0.1, -0.05) is 164 Å². The summed E-state index contributed by atoms with van der Waals surface area (Å²) in [7, 11) is 0. The van der Waals surface area contributed by atoms with Crippen LogP contribution >= 0.6 is 0 Å². The molecule has 0 N–H and O–H groups in total. The molecule has 0 saturated carbocycles. The van der Waals surface area contributed by atoms with Gasteiger partial charge in [0.25, 0.3) is 0 Å². The minimum absolute atomic E-state index is 0.558. The lowest BCUT2D eigenvalue weighted by molar-refractivity contribution is 0.669. The van der Waals surface area contributed by atoms with Gasteiger partial charge in [0, 0.05) is 38.2 Å². The number of para-hydroxylation sites is 2. The van der Waals surface area contributed by atoms with E-state index in [1.165, 1.54) is 0 Å². The van der Waals surface area contributed by atoms with Crippen molar-refractivity contribution in [1.29, 1.82) is 0 Å². The fourth-order valence-corrected chi connectivity index (χ4v) is 7.97. The minimum Gasteiger partial charge on any atom is -0.456 e. The summed E-state index contributed by atoms with van der Waals surface area (Å²) < 4.78 is 8.65. The number of aromatic nitrogens is 4. The summed E-state index contributed by atoms with van der Waals surface area (Å²) in [6, 6.07) is 67.4. The summed E-state index contributed by atoms with van der Waals surface area (Å²) in [6.45, 7) is 0. The second-order valence-electron chi connectivity index (χ2n) is 14.0. The van der Waals surface area contributed by atoms with Crippen molar-refractivity contribution in [2.75, 3.05) is 0 Å². The Bertz CT molecular complexity index is 3220. The van der Waals surface area contributed by atoms with Gasteiger partial charge in [-0.3, -0.25) is 4.57 Å². The van der Waals surface area contributed by atoms with E-state index >= 15 is 0 Å². The highest BCUT2D eigenvalue weighted by Crippen LogP contribution is 2.40. The molecule has 5 heteroatoms. The van der Waals surface area contributed by atoms with Crippen LogP contribution in [0.5, 0.6) is 0 Å². The summed E-state index contributed by atoms with van der Waals surface area (Å²) in [5.41, 5.74) is 12.4. The van der Waals surface area contributed by atoms with E-state index in [4.69, 9.17) is 19.4 Å². The Morgan fingerprint density at radius 3 is 1.62 bits per heavy atom. The fraction of sp³-hybridized carbons (Fsp3) is 0. The van der Waals surface area contributed by atoms with E-state index in [1.54, 1.807) is 0 Å². The van der Waals surface area contributed by atoms with Gasteiger partial charge in [0.2, 0.25) is 5.95 Å². The summed E-state index contributed by atoms with van der Waals surface area (Å²) >= 11 is 0. The number of hydrogen-bond donors (Lipinski definition) is 0. The Morgan fingerprint density at radius 1 is 0.339 bits per heavy atom. The van der Waals surface area contributed by atoms with Crippen molar-refractivity contribution in [2.24, 2.45) is 0 Å². The van der Waals surface area contributed by atoms with Crippen LogP contribution in [0.15, 0.2) is 199 Å². The van der Waals surface area contributed by atoms with Gasteiger partial charge < -0.3 is 4.42 Å². The number of benzene rings is 8. The van der Waals surface area contributed by atoms with Gasteiger partial charge in [-0.25, -0.2) is 4.98 Å². The highest BCUT2D eigenvalue weighted by molar-refractivity contribution is 6.15. The average Bonchev–Trinajstić information content (AvgIpc) is 3.82. The topological polar surface area (TPSA) is 56.7 Å². The van der Waals surface area contributed by atoms with Crippen LogP contribution < -0.4 is 0 Å². The molecule has 0 aliphatic rings. The number of fused-ring (bicyclic) bond motifs is 6. The lowest BCUT2D eigenvalue weighted by atomic mass is 9.99. The highest BCUT2D eigenvalue weighted by atomic mass is 16.3. The van der Waals surface area contributed by atoms with Crippen LogP contribution in [0.1, 0.15) is 0 Å². The number of furan rings is 1. The number of rotatable bonds is 6. The smallest absolute Gasteiger partial charge is 0.238 e. The zero-order chi connectivity index (χ0) is 37.0. The zero-order valence-electron chi connectivity index (χ0n) is 30.2. The van der Waals surface area contributed by atoms with Crippen LogP contribution in [-0.2, 0) is 0 Å². The quantitative estimate of drug-likeness (QED) is 0.172. The second-order valence-corrected chi connectivity index (χ2v) is 14.0. The van der Waals surface area contributed by atoms with E-state index in [0.717, 1.165) is 88.3 Å². The van der Waals surface area contributed by atoms with Gasteiger partial charge in [0.05, 0.1) is 11.0 Å². The lowest BCUT2D eigenvalue weighted by Gasteiger charge is -2.13. The van der Waals surface area contributed by atoms with Crippen molar-refractivity contribution in [1.82, 2.24) is 19.5 Å². The van der Waals surface area contributed by atoms with Crippen molar-refractivity contribution >= 4 is 43.7 Å². The average molecular weight is 717 g/mol. The Hall–Kier alpha value is -7.63. The summed E-state index contributed by atoms with van der Waals surface area (Å²) in [5, 5.41) is 4.41. The third-order valence-corrected chi connectivity index (χ3v) is 10.7. The Balaban J connectivity index is 1.11. The van der Waals surface area contributed by atoms with Crippen LogP contribution in [-0.4, -0.2) is 19.5 Å². The normalized spacial score (nSPS) is 11.6. The van der Waals surface area contributed by atoms with Crippen molar-refractivity contribution < 1.29 is 4.42 Å². The van der Waals surface area contributed by atoms with E-state index in [1.807, 2.05) is 42.5 Å². The van der Waals surface area contributed by atoms with Crippen LogP contribution in [0.2, 0.25) is 0 Å². The summed E-state index contributed by atoms with van der Waals surface area (Å²) in [4.78, 5) is 15.5. The molecule has 0 amide bonds. The van der Waals surface area contributed by atoms with E-state index in [9.17, 15) is 0 Å². The van der Waals surface area contributed by atoms with E-state index in [-0.39, 0.29) is 0 Å². The van der Waals surface area contributed by atoms with Crippen LogP contribution in [0.4, 0.5) is 0 Å². The first-order chi connectivity index (χ1) is 27.7. The van der Waals surface area contributed by atoms with Gasteiger partial charge >= 0.3 is 0 Å². The lowest BCUT2D eigenvalue weighted by Crippen LogP contribution is -2.07. The maximum Gasteiger partial charge on any atom is 0.238 e. The maximum absolute atomic E-state index is 6.44. The molecule has 56 heavy (non-hydrogen) atoms. The minimum atomic E-state index is 0.558. The molecular weight excluding hydrogens is 685 g/mol. The van der Waals surface area contributed by atoms with Crippen molar-refractivity contribution in [3.05, 3.63) is 194 Å². The number of hydrogen-bond acceptors (Lipinski definition) is 4. The van der Waals surface area contributed by atoms with E-state index < -0.39 is 0 Å². The monoisotopic (exact) mass is 716 g/mol. The Morgan fingerprint density at radius 2 is 0.893 bits per heavy atom. The van der Waals surface area contributed by atoms with Crippen LogP contribution in [0.3, 0.4) is 0 Å². The van der Waals surface area contributed by atoms with Crippen LogP contribution in [0, 0.1) is 0 Å². The molecule has 0 fully saturated rings. The van der Waals surface area contributed by atoms with Gasteiger partial charge in [0.15, 0.2) is 11.6 Å². The first-order valence-electron chi connectivity index (χ1n) is 18.8. The molecule has 0 aliphatic heterocycles. The highest BCUT2D eigenvalue weighted by Gasteiger charge is 2.21. The Labute approximate surface area is 322 Å².